The van der Waals surface area contributed by atoms with Crippen LogP contribution in [-0.2, 0) is 10.0 Å². The van der Waals surface area contributed by atoms with Crippen molar-refractivity contribution in [3.8, 4) is 5.75 Å². The van der Waals surface area contributed by atoms with Gasteiger partial charge >= 0.3 is 0 Å². The monoisotopic (exact) mass is 483 g/mol. The lowest BCUT2D eigenvalue weighted by atomic mass is 10.1. The average Bonchev–Trinajstić information content (AvgIpc) is 3.07. The fourth-order valence-electron chi connectivity index (χ4n) is 3.37. The second kappa shape index (κ2) is 9.64. The predicted octanol–water partition coefficient (Wildman–Crippen LogP) is 4.44. The number of hydrogen-bond donors (Lipinski definition) is 1. The standard InChI is InChI=1S/C24H22ClN3O4S/c1-28(15-4-16-32-20-13-9-18(25)10-14-20)24(29)17-7-11-19(12-8-17)26-23-21-5-2-3-6-22(21)33(30,31)27-23/h2-3,5-14H,4,15-16H2,1H3,(H,26,27). The summed E-state index contributed by atoms with van der Waals surface area (Å²) < 4.78 is 33.8. The maximum Gasteiger partial charge on any atom is 0.285 e. The summed E-state index contributed by atoms with van der Waals surface area (Å²) in [5.74, 6) is 0.889. The summed E-state index contributed by atoms with van der Waals surface area (Å²) in [6, 6.07) is 20.6. The molecule has 0 saturated carbocycles. The number of ether oxygens (including phenoxy) is 1. The molecule has 0 spiro atoms. The van der Waals surface area contributed by atoms with Gasteiger partial charge in [0.15, 0.2) is 5.84 Å². The topological polar surface area (TPSA) is 88.1 Å². The summed E-state index contributed by atoms with van der Waals surface area (Å²) in [5.41, 5.74) is 1.69. The molecule has 33 heavy (non-hydrogen) atoms. The number of benzene rings is 3. The minimum atomic E-state index is -3.69. The van der Waals surface area contributed by atoms with Gasteiger partial charge in [-0.25, -0.2) is 0 Å². The Hall–Kier alpha value is -3.36. The van der Waals surface area contributed by atoms with E-state index in [1.54, 1.807) is 78.7 Å². The number of halogens is 1. The van der Waals surface area contributed by atoms with Crippen LogP contribution in [0.25, 0.3) is 0 Å². The van der Waals surface area contributed by atoms with Gasteiger partial charge in [-0.2, -0.15) is 8.42 Å². The van der Waals surface area contributed by atoms with Gasteiger partial charge in [0.1, 0.15) is 10.6 Å². The molecule has 0 aromatic heterocycles. The number of carbonyl (C=O) groups excluding carboxylic acids is 1. The first kappa shape index (κ1) is 22.8. The molecule has 7 nitrogen and oxygen atoms in total. The van der Waals surface area contributed by atoms with Crippen LogP contribution < -0.4 is 10.1 Å². The van der Waals surface area contributed by atoms with Crippen molar-refractivity contribution in [2.75, 3.05) is 25.5 Å². The zero-order valence-corrected chi connectivity index (χ0v) is 19.4. The summed E-state index contributed by atoms with van der Waals surface area (Å²) in [4.78, 5) is 14.5. The minimum absolute atomic E-state index is 0.112. The van der Waals surface area contributed by atoms with E-state index in [1.165, 1.54) is 6.07 Å². The molecule has 3 aromatic rings. The molecule has 3 aromatic carbocycles. The van der Waals surface area contributed by atoms with Crippen LogP contribution in [0.3, 0.4) is 0 Å². The third-order valence-corrected chi connectivity index (χ3v) is 6.68. The van der Waals surface area contributed by atoms with Gasteiger partial charge in [-0.05, 0) is 67.1 Å². The first-order chi connectivity index (χ1) is 15.8. The third-order valence-electron chi connectivity index (χ3n) is 5.09. The Labute approximate surface area is 197 Å². The third kappa shape index (κ3) is 5.35. The number of rotatable bonds is 7. The van der Waals surface area contributed by atoms with Gasteiger partial charge in [0.2, 0.25) is 0 Å². The van der Waals surface area contributed by atoms with Crippen LogP contribution in [0.15, 0.2) is 82.1 Å². The first-order valence-corrected chi connectivity index (χ1v) is 12.1. The van der Waals surface area contributed by atoms with Gasteiger partial charge in [-0.1, -0.05) is 23.7 Å². The van der Waals surface area contributed by atoms with Crippen LogP contribution in [-0.4, -0.2) is 45.3 Å². The number of fused-ring (bicyclic) bond motifs is 1. The van der Waals surface area contributed by atoms with E-state index in [-0.39, 0.29) is 16.6 Å². The SMILES string of the molecule is CN(CCCOc1ccc(Cl)cc1)C(=O)c1ccc(NC2=NS(=O)(=O)c3ccccc32)cc1. The lowest BCUT2D eigenvalue weighted by Crippen LogP contribution is -2.28. The number of nitrogens with one attached hydrogen (secondary N) is 1. The molecule has 0 fully saturated rings. The smallest absolute Gasteiger partial charge is 0.285 e. The second-order valence-electron chi connectivity index (χ2n) is 7.50. The van der Waals surface area contributed by atoms with E-state index in [0.717, 1.165) is 5.75 Å². The molecule has 1 amide bonds. The summed E-state index contributed by atoms with van der Waals surface area (Å²) in [5, 5.41) is 3.68. The van der Waals surface area contributed by atoms with E-state index in [1.807, 2.05) is 0 Å². The molecule has 0 saturated heterocycles. The molecule has 0 unspecified atom stereocenters. The van der Waals surface area contributed by atoms with Crippen molar-refractivity contribution < 1.29 is 17.9 Å². The molecule has 1 heterocycles. The largest absolute Gasteiger partial charge is 0.494 e. The van der Waals surface area contributed by atoms with Crippen molar-refractivity contribution >= 4 is 39.1 Å². The molecule has 0 radical (unpaired) electrons. The first-order valence-electron chi connectivity index (χ1n) is 10.3. The Bertz CT molecular complexity index is 1290. The van der Waals surface area contributed by atoms with Gasteiger partial charge in [-0.3, -0.25) is 4.79 Å². The number of anilines is 1. The number of hydrogen-bond acceptors (Lipinski definition) is 5. The normalized spacial score (nSPS) is 13.7. The van der Waals surface area contributed by atoms with E-state index in [0.29, 0.717) is 41.4 Å². The van der Waals surface area contributed by atoms with E-state index in [4.69, 9.17) is 16.3 Å². The Morgan fingerprint density at radius 2 is 1.73 bits per heavy atom. The molecule has 1 aliphatic heterocycles. The Morgan fingerprint density at radius 3 is 2.45 bits per heavy atom. The summed E-state index contributed by atoms with van der Waals surface area (Å²) >= 11 is 5.86. The van der Waals surface area contributed by atoms with Crippen LogP contribution in [0.2, 0.25) is 5.02 Å². The molecule has 170 valence electrons. The minimum Gasteiger partial charge on any atom is -0.494 e. The van der Waals surface area contributed by atoms with E-state index in [2.05, 4.69) is 9.71 Å². The highest BCUT2D eigenvalue weighted by Gasteiger charge is 2.28. The lowest BCUT2D eigenvalue weighted by Gasteiger charge is -2.17. The molecule has 4 rings (SSSR count). The molecule has 0 aliphatic carbocycles. The van der Waals surface area contributed by atoms with Crippen LogP contribution in [0, 0.1) is 0 Å². The van der Waals surface area contributed by atoms with Gasteiger partial charge in [-0.15, -0.1) is 4.40 Å². The highest BCUT2D eigenvalue weighted by Crippen LogP contribution is 2.26. The summed E-state index contributed by atoms with van der Waals surface area (Å²) in [6.45, 7) is 1.02. The van der Waals surface area contributed by atoms with Crippen LogP contribution >= 0.6 is 11.6 Å². The van der Waals surface area contributed by atoms with Gasteiger partial charge < -0.3 is 15.0 Å². The molecule has 9 heteroatoms. The molecule has 0 atom stereocenters. The Morgan fingerprint density at radius 1 is 1.03 bits per heavy atom. The van der Waals surface area contributed by atoms with E-state index >= 15 is 0 Å². The molecule has 1 aliphatic rings. The van der Waals surface area contributed by atoms with Gasteiger partial charge in [0, 0.05) is 35.4 Å². The van der Waals surface area contributed by atoms with Crippen LogP contribution in [0.5, 0.6) is 5.75 Å². The zero-order chi connectivity index (χ0) is 23.4. The maximum absolute atomic E-state index is 12.7. The Kier molecular flexibility index (Phi) is 6.67. The number of amides is 1. The highest BCUT2D eigenvalue weighted by molar-refractivity contribution is 7.90. The lowest BCUT2D eigenvalue weighted by molar-refractivity contribution is 0.0788. The van der Waals surface area contributed by atoms with Crippen LogP contribution in [0.4, 0.5) is 5.69 Å². The van der Waals surface area contributed by atoms with Crippen molar-refractivity contribution in [3.05, 3.63) is 88.9 Å². The molecular formula is C24H22ClN3O4S. The number of carbonyl (C=O) groups is 1. The fourth-order valence-corrected chi connectivity index (χ4v) is 4.68. The molecule has 0 bridgehead atoms. The quantitative estimate of drug-likeness (QED) is 0.502. The number of sulfonamides is 1. The van der Waals surface area contributed by atoms with Crippen molar-refractivity contribution in [2.24, 2.45) is 4.40 Å². The number of amidine groups is 1. The predicted molar refractivity (Wildman–Crippen MR) is 129 cm³/mol. The highest BCUT2D eigenvalue weighted by atomic mass is 35.5. The van der Waals surface area contributed by atoms with Crippen LogP contribution in [0.1, 0.15) is 22.3 Å². The van der Waals surface area contributed by atoms with E-state index in [9.17, 15) is 13.2 Å². The van der Waals surface area contributed by atoms with Crippen molar-refractivity contribution in [1.82, 2.24) is 4.90 Å². The van der Waals surface area contributed by atoms with Crippen molar-refractivity contribution in [3.63, 3.8) is 0 Å². The average molecular weight is 484 g/mol. The fraction of sp³-hybridized carbons (Fsp3) is 0.167. The second-order valence-corrected chi connectivity index (χ2v) is 9.51. The van der Waals surface area contributed by atoms with Crippen molar-refractivity contribution in [1.29, 1.82) is 0 Å². The maximum atomic E-state index is 12.7. The number of nitrogens with zero attached hydrogens (tertiary/aromatic N) is 2. The summed E-state index contributed by atoms with van der Waals surface area (Å²) in [7, 11) is -1.95. The van der Waals surface area contributed by atoms with E-state index < -0.39 is 10.0 Å². The van der Waals surface area contributed by atoms with Crippen molar-refractivity contribution in [2.45, 2.75) is 11.3 Å². The summed E-state index contributed by atoms with van der Waals surface area (Å²) in [6.07, 6.45) is 0.679. The van der Waals surface area contributed by atoms with Gasteiger partial charge in [0.05, 0.1) is 6.61 Å². The molecular weight excluding hydrogens is 462 g/mol. The zero-order valence-electron chi connectivity index (χ0n) is 17.9. The van der Waals surface area contributed by atoms with Gasteiger partial charge in [0.25, 0.3) is 15.9 Å². The Balaban J connectivity index is 1.31. The molecule has 1 N–H and O–H groups in total.